The van der Waals surface area contributed by atoms with Gasteiger partial charge in [-0.2, -0.15) is 13.2 Å². The van der Waals surface area contributed by atoms with E-state index in [1.165, 1.54) is 30.1 Å². The number of hydrogen-bond acceptors (Lipinski definition) is 4. The number of aromatic nitrogens is 3. The number of carbonyl (C=O) groups is 1. The molecule has 0 bridgehead atoms. The van der Waals surface area contributed by atoms with Crippen molar-refractivity contribution < 1.29 is 18.0 Å². The molecule has 1 amide bonds. The number of amides is 1. The van der Waals surface area contributed by atoms with Gasteiger partial charge in [-0.25, -0.2) is 4.68 Å². The van der Waals surface area contributed by atoms with Gasteiger partial charge in [0.15, 0.2) is 5.69 Å². The van der Waals surface area contributed by atoms with Crippen molar-refractivity contribution in [1.82, 2.24) is 25.2 Å². The fourth-order valence-electron chi connectivity index (χ4n) is 3.38. The van der Waals surface area contributed by atoms with Crippen molar-refractivity contribution in [3.8, 4) is 0 Å². The highest BCUT2D eigenvalue weighted by atomic mass is 19.4. The molecule has 27 heavy (non-hydrogen) atoms. The van der Waals surface area contributed by atoms with Crippen LogP contribution in [0.4, 0.5) is 13.2 Å². The molecule has 1 aliphatic rings. The molecule has 0 aliphatic carbocycles. The van der Waals surface area contributed by atoms with E-state index in [1.54, 1.807) is 11.6 Å². The zero-order valence-electron chi connectivity index (χ0n) is 15.3. The minimum Gasteiger partial charge on any atom is -0.336 e. The monoisotopic (exact) mass is 381 g/mol. The number of carbonyl (C=O) groups excluding carboxylic acids is 1. The summed E-state index contributed by atoms with van der Waals surface area (Å²) in [7, 11) is 1.47. The van der Waals surface area contributed by atoms with E-state index in [2.05, 4.69) is 15.6 Å². The first-order valence-corrected chi connectivity index (χ1v) is 8.82. The zero-order chi connectivity index (χ0) is 19.6. The number of piperidine rings is 1. The molecule has 1 N–H and O–H groups in total. The van der Waals surface area contributed by atoms with Crippen LogP contribution in [0.2, 0.25) is 0 Å². The predicted molar refractivity (Wildman–Crippen MR) is 93.1 cm³/mol. The fraction of sp³-hybridized carbons (Fsp3) is 0.500. The smallest absolute Gasteiger partial charge is 0.336 e. The average molecular weight is 381 g/mol. The van der Waals surface area contributed by atoms with Gasteiger partial charge in [-0.3, -0.25) is 4.79 Å². The molecule has 0 atom stereocenters. The first-order valence-electron chi connectivity index (χ1n) is 8.82. The molecule has 1 aromatic carbocycles. The van der Waals surface area contributed by atoms with Crippen LogP contribution in [0, 0.1) is 6.92 Å². The van der Waals surface area contributed by atoms with Crippen molar-refractivity contribution in [2.24, 2.45) is 0 Å². The molecule has 2 aromatic rings. The van der Waals surface area contributed by atoms with Crippen LogP contribution >= 0.6 is 0 Å². The van der Waals surface area contributed by atoms with Crippen molar-refractivity contribution in [3.63, 3.8) is 0 Å². The zero-order valence-corrected chi connectivity index (χ0v) is 15.3. The molecular formula is C18H22F3N5O. The maximum absolute atomic E-state index is 13.2. The molecule has 1 aliphatic heterocycles. The number of nitrogens with zero attached hydrogens (tertiary/aromatic N) is 4. The summed E-state index contributed by atoms with van der Waals surface area (Å²) in [5, 5.41) is 11.4. The van der Waals surface area contributed by atoms with Gasteiger partial charge >= 0.3 is 6.18 Å². The Morgan fingerprint density at radius 2 is 1.96 bits per heavy atom. The second-order valence-electron chi connectivity index (χ2n) is 6.77. The molecule has 0 unspecified atom stereocenters. The minimum atomic E-state index is -4.46. The maximum atomic E-state index is 13.2. The van der Waals surface area contributed by atoms with E-state index in [0.717, 1.165) is 32.0 Å². The van der Waals surface area contributed by atoms with Crippen LogP contribution in [0.25, 0.3) is 0 Å². The van der Waals surface area contributed by atoms with Crippen molar-refractivity contribution in [2.45, 2.75) is 38.5 Å². The molecule has 1 aromatic heterocycles. The third-order valence-corrected chi connectivity index (χ3v) is 4.86. The minimum absolute atomic E-state index is 0.0456. The van der Waals surface area contributed by atoms with E-state index in [0.29, 0.717) is 5.69 Å². The Kier molecular flexibility index (Phi) is 5.50. The highest BCUT2D eigenvalue weighted by molar-refractivity contribution is 5.93. The summed E-state index contributed by atoms with van der Waals surface area (Å²) in [6.45, 7) is 3.36. The largest absolute Gasteiger partial charge is 0.416 e. The number of halogens is 3. The number of rotatable bonds is 4. The molecule has 9 heteroatoms. The molecule has 0 saturated carbocycles. The molecule has 2 heterocycles. The Balaban J connectivity index is 1.78. The van der Waals surface area contributed by atoms with Gasteiger partial charge in [0, 0.05) is 13.6 Å². The Morgan fingerprint density at radius 3 is 2.63 bits per heavy atom. The van der Waals surface area contributed by atoms with Gasteiger partial charge in [-0.05, 0) is 44.5 Å². The lowest BCUT2D eigenvalue weighted by atomic mass is 10.1. The molecule has 6 nitrogen and oxygen atoms in total. The van der Waals surface area contributed by atoms with Gasteiger partial charge < -0.3 is 10.2 Å². The van der Waals surface area contributed by atoms with E-state index in [4.69, 9.17) is 0 Å². The lowest BCUT2D eigenvalue weighted by molar-refractivity contribution is -0.138. The third-order valence-electron chi connectivity index (χ3n) is 4.86. The van der Waals surface area contributed by atoms with Crippen molar-refractivity contribution >= 4 is 5.91 Å². The lowest BCUT2D eigenvalue weighted by Crippen LogP contribution is -2.31. The van der Waals surface area contributed by atoms with Gasteiger partial charge in [0.05, 0.1) is 17.3 Å². The summed E-state index contributed by atoms with van der Waals surface area (Å²) < 4.78 is 41.2. The second-order valence-corrected chi connectivity index (χ2v) is 6.77. The van der Waals surface area contributed by atoms with Gasteiger partial charge in [0.25, 0.3) is 5.91 Å². The molecule has 0 spiro atoms. The van der Waals surface area contributed by atoms with Crippen molar-refractivity contribution in [2.75, 3.05) is 20.1 Å². The third kappa shape index (κ3) is 4.13. The summed E-state index contributed by atoms with van der Waals surface area (Å²) in [4.78, 5) is 14.0. The van der Waals surface area contributed by atoms with E-state index in [1.807, 2.05) is 0 Å². The van der Waals surface area contributed by atoms with Crippen LogP contribution in [-0.4, -0.2) is 45.9 Å². The highest BCUT2D eigenvalue weighted by Crippen LogP contribution is 2.32. The van der Waals surface area contributed by atoms with Gasteiger partial charge in [0.2, 0.25) is 0 Å². The Hall–Kier alpha value is -2.42. The number of benzene rings is 1. The maximum Gasteiger partial charge on any atom is 0.416 e. The Morgan fingerprint density at radius 1 is 1.30 bits per heavy atom. The second kappa shape index (κ2) is 7.67. The summed E-state index contributed by atoms with van der Waals surface area (Å²) in [6.07, 6.45) is -2.67. The number of alkyl halides is 3. The van der Waals surface area contributed by atoms with E-state index < -0.39 is 17.6 Å². The van der Waals surface area contributed by atoms with Crippen LogP contribution in [0.15, 0.2) is 24.3 Å². The van der Waals surface area contributed by atoms with Gasteiger partial charge in [0.1, 0.15) is 0 Å². The predicted octanol–water partition coefficient (Wildman–Crippen LogP) is 2.80. The lowest BCUT2D eigenvalue weighted by Gasteiger charge is -2.23. The average Bonchev–Trinajstić information content (AvgIpc) is 3.02. The van der Waals surface area contributed by atoms with Gasteiger partial charge in [-0.15, -0.1) is 5.10 Å². The Labute approximate surface area is 155 Å². The summed E-state index contributed by atoms with van der Waals surface area (Å²) in [5.74, 6) is -0.440. The molecule has 1 saturated heterocycles. The van der Waals surface area contributed by atoms with E-state index >= 15 is 0 Å². The van der Waals surface area contributed by atoms with Crippen LogP contribution in [0.3, 0.4) is 0 Å². The van der Waals surface area contributed by atoms with E-state index in [9.17, 15) is 18.0 Å². The quantitative estimate of drug-likeness (QED) is 0.885. The Bertz CT molecular complexity index is 812. The summed E-state index contributed by atoms with van der Waals surface area (Å²) in [5.41, 5.74) is 0.132. The van der Waals surface area contributed by atoms with E-state index in [-0.39, 0.29) is 23.8 Å². The van der Waals surface area contributed by atoms with Crippen LogP contribution in [-0.2, 0) is 12.7 Å². The van der Waals surface area contributed by atoms with Gasteiger partial charge in [-0.1, -0.05) is 23.4 Å². The normalized spacial score (nSPS) is 15.7. The van der Waals surface area contributed by atoms with Crippen molar-refractivity contribution in [1.29, 1.82) is 0 Å². The fourth-order valence-corrected chi connectivity index (χ4v) is 3.38. The molecule has 146 valence electrons. The van der Waals surface area contributed by atoms with Crippen LogP contribution in [0.1, 0.15) is 46.2 Å². The topological polar surface area (TPSA) is 63.1 Å². The standard InChI is InChI=1S/C18H22F3N5O/c1-12-16(23-24-26(12)14-7-9-22-10-8-14)17(27)25(2)11-13-5-3-4-6-15(13)18(19,20)21/h3-6,14,22H,7-11H2,1-2H3. The van der Waals surface area contributed by atoms with Crippen LogP contribution in [0.5, 0.6) is 0 Å². The molecule has 1 fully saturated rings. The first kappa shape index (κ1) is 19.3. The number of hydrogen-bond donors (Lipinski definition) is 1. The summed E-state index contributed by atoms with van der Waals surface area (Å²) >= 11 is 0. The first-order chi connectivity index (χ1) is 12.8. The highest BCUT2D eigenvalue weighted by Gasteiger charge is 2.33. The van der Waals surface area contributed by atoms with Crippen LogP contribution < -0.4 is 5.32 Å². The summed E-state index contributed by atoms with van der Waals surface area (Å²) in [6, 6.07) is 5.44. The molecule has 3 rings (SSSR count). The SMILES string of the molecule is Cc1c(C(=O)N(C)Cc2ccccc2C(F)(F)F)nnn1C1CCNCC1. The molecule has 0 radical (unpaired) electrons. The molecular weight excluding hydrogens is 359 g/mol. The number of nitrogens with one attached hydrogen (secondary N) is 1. The van der Waals surface area contributed by atoms with Crippen molar-refractivity contribution in [3.05, 3.63) is 46.8 Å².